The highest BCUT2D eigenvalue weighted by Gasteiger charge is 2.20. The van der Waals surface area contributed by atoms with Crippen LogP contribution in [0.1, 0.15) is 166 Å². The molecule has 0 spiro atoms. The summed E-state index contributed by atoms with van der Waals surface area (Å²) in [6.07, 6.45) is 2.95. The minimum absolute atomic E-state index is 0.0744. The number of hydrogen-bond donors (Lipinski definition) is 11. The van der Waals surface area contributed by atoms with E-state index >= 15 is 0 Å². The van der Waals surface area contributed by atoms with Crippen molar-refractivity contribution in [2.45, 2.75) is 171 Å². The molecule has 1 heterocycles. The summed E-state index contributed by atoms with van der Waals surface area (Å²) in [6, 6.07) is 35.8. The van der Waals surface area contributed by atoms with Crippen LogP contribution in [0.15, 0.2) is 121 Å². The molecule has 0 saturated heterocycles. The van der Waals surface area contributed by atoms with E-state index in [1.807, 2.05) is 66.7 Å². The third-order valence-corrected chi connectivity index (χ3v) is 8.75. The Morgan fingerprint density at radius 3 is 0.771 bits per heavy atom. The fraction of sp³-hybridized carbons (Fsp3) is 0.538. The molecule has 0 unspecified atom stereocenters. The molecule has 0 fully saturated rings. The van der Waals surface area contributed by atoms with Crippen LogP contribution in [0.5, 0.6) is 0 Å². The van der Waals surface area contributed by atoms with Crippen LogP contribution < -0.4 is 27.3 Å². The molecular weight excluding hydrogens is 1040 g/mol. The van der Waals surface area contributed by atoms with Crippen LogP contribution in [-0.2, 0) is 41.4 Å². The number of rotatable bonds is 9. The van der Waals surface area contributed by atoms with Crippen LogP contribution in [0.25, 0.3) is 0 Å². The highest BCUT2D eigenvalue weighted by molar-refractivity contribution is 6.61. The zero-order chi connectivity index (χ0) is 64.8. The van der Waals surface area contributed by atoms with E-state index in [1.165, 1.54) is 0 Å². The zero-order valence-electron chi connectivity index (χ0n) is 54.7. The number of aliphatic hydroxyl groups excluding tert-OH is 3. The number of aliphatic hydroxyl groups is 3. The van der Waals surface area contributed by atoms with Gasteiger partial charge in [-0.2, -0.15) is 0 Å². The van der Waals surface area contributed by atoms with Gasteiger partial charge >= 0.3 is 35.6 Å². The Morgan fingerprint density at radius 1 is 0.349 bits per heavy atom. The monoisotopic (exact) mass is 1150 g/mol. The zero-order valence-corrected chi connectivity index (χ0v) is 54.7. The first-order valence-corrected chi connectivity index (χ1v) is 28.9. The van der Waals surface area contributed by atoms with Crippen molar-refractivity contribution >= 4 is 62.9 Å². The van der Waals surface area contributed by atoms with Gasteiger partial charge in [0, 0.05) is 33.0 Å². The fourth-order valence-electron chi connectivity index (χ4n) is 5.69. The Kier molecular flexibility index (Phi) is 43.6. The van der Waals surface area contributed by atoms with Gasteiger partial charge in [0.1, 0.15) is 0 Å². The Morgan fingerprint density at radius 2 is 0.566 bits per heavy atom. The molecule has 13 nitrogen and oxygen atoms in total. The molecule has 0 radical (unpaired) electrons. The lowest BCUT2D eigenvalue weighted by Crippen LogP contribution is -2.36. The number of fused-ring (bicyclic) bond motifs is 4. The normalized spacial score (nSPS) is 12.2. The van der Waals surface area contributed by atoms with Gasteiger partial charge in [0.15, 0.2) is 0 Å². The molecule has 11 N–H and O–H groups in total. The first-order chi connectivity index (χ1) is 37.9. The Balaban J connectivity index is -0.000000926. The first kappa shape index (κ1) is 83.1. The molecule has 0 aromatic heterocycles. The molecule has 83 heavy (non-hydrogen) atoms. The average molecular weight is 1150 g/mol. The van der Waals surface area contributed by atoms with E-state index in [2.05, 4.69) is 138 Å². The van der Waals surface area contributed by atoms with E-state index in [1.54, 1.807) is 54.6 Å². The summed E-state index contributed by atoms with van der Waals surface area (Å²) in [6.45, 7) is 44.8. The topological polar surface area (TPSA) is 241 Å². The second-order valence-electron chi connectivity index (χ2n) is 28.2. The van der Waals surface area contributed by atoms with Crippen molar-refractivity contribution in [3.63, 3.8) is 0 Å². The van der Waals surface area contributed by atoms with Gasteiger partial charge in [-0.3, -0.25) is 0 Å². The van der Waals surface area contributed by atoms with E-state index in [0.717, 1.165) is 38.7 Å². The van der Waals surface area contributed by atoms with E-state index < -0.39 is 35.6 Å². The highest BCUT2D eigenvalue weighted by atomic mass is 16.5. The third kappa shape index (κ3) is 59.4. The summed E-state index contributed by atoms with van der Waals surface area (Å²) in [4.78, 5) is 0. The van der Waals surface area contributed by atoms with Crippen molar-refractivity contribution in [1.82, 2.24) is 0 Å². The van der Waals surface area contributed by atoms with E-state index in [0.29, 0.717) is 88.8 Å². The van der Waals surface area contributed by atoms with E-state index in [4.69, 9.17) is 54.8 Å². The number of hydrogen-bond acceptors (Lipinski definition) is 13. The molecule has 18 heteroatoms. The van der Waals surface area contributed by atoms with E-state index in [9.17, 15) is 10.0 Å². The van der Waals surface area contributed by atoms with Gasteiger partial charge in [0.25, 0.3) is 0 Å². The maximum atomic E-state index is 10.1. The molecule has 0 saturated carbocycles. The third-order valence-electron chi connectivity index (χ3n) is 8.75. The molecule has 0 amide bonds. The maximum Gasteiger partial charge on any atom is 0.491 e. The fourth-order valence-corrected chi connectivity index (χ4v) is 5.69. The molecule has 1 aliphatic rings. The van der Waals surface area contributed by atoms with Gasteiger partial charge in [-0.05, 0) is 114 Å². The second-order valence-corrected chi connectivity index (χ2v) is 28.2. The Hall–Kier alpha value is -4.10. The smallest absolute Gasteiger partial charge is 0.423 e. The molecule has 4 bridgehead atoms. The van der Waals surface area contributed by atoms with Crippen LogP contribution >= 0.6 is 0 Å². The van der Waals surface area contributed by atoms with Crippen LogP contribution in [0, 0.1) is 27.1 Å². The summed E-state index contributed by atoms with van der Waals surface area (Å²) in [5.74, 6) is 0. The van der Waals surface area contributed by atoms with Crippen molar-refractivity contribution in [3.8, 4) is 0 Å². The summed E-state index contributed by atoms with van der Waals surface area (Å²) in [7, 11) is -6.12. The molecular formula is C65H111B5O13. The first-order valence-electron chi connectivity index (χ1n) is 28.9. The minimum Gasteiger partial charge on any atom is -0.423 e. The van der Waals surface area contributed by atoms with Gasteiger partial charge < -0.3 is 64.8 Å². The largest absolute Gasteiger partial charge is 0.491 e. The van der Waals surface area contributed by atoms with Crippen molar-refractivity contribution in [2.24, 2.45) is 27.1 Å². The van der Waals surface area contributed by atoms with Gasteiger partial charge in [0.05, 0.1) is 0 Å². The van der Waals surface area contributed by atoms with Crippen molar-refractivity contribution in [3.05, 3.63) is 149 Å². The lowest BCUT2D eigenvalue weighted by atomic mass is 9.77. The van der Waals surface area contributed by atoms with Gasteiger partial charge in [-0.25, -0.2) is 0 Å². The van der Waals surface area contributed by atoms with Crippen LogP contribution in [0.3, 0.4) is 0 Å². The quantitative estimate of drug-likeness (QED) is 0.0678. The molecule has 0 atom stereocenters. The molecule has 5 aromatic rings. The summed E-state index contributed by atoms with van der Waals surface area (Å²) < 4.78 is 11.0. The Bertz CT molecular complexity index is 2110. The average Bonchev–Trinajstić information content (AvgIpc) is 3.33. The predicted molar refractivity (Wildman–Crippen MR) is 354 cm³/mol. The summed E-state index contributed by atoms with van der Waals surface area (Å²) >= 11 is 0. The van der Waals surface area contributed by atoms with Crippen molar-refractivity contribution < 1.29 is 64.8 Å². The second kappa shape index (κ2) is 43.5. The predicted octanol–water partition coefficient (Wildman–Crippen LogP) is 6.86. The van der Waals surface area contributed by atoms with E-state index in [-0.39, 0.29) is 19.8 Å². The standard InChI is InChI=1S/C16H18B2O4.3C8H11BO3.5C5H12/c19-17-15-5-1-3-13(11-15)7-9-22-18(20)16-6-2-4-14(12-16)8-10-21-17;3*10-5-4-7-2-1-3-8(6-7)9(11)12;5*1-5(2,3)4/h1-6,11-12,19-20H,7-10H2;3*1-3,6,10-12H,4-5H2;5*1-4H3. The lowest BCUT2D eigenvalue weighted by molar-refractivity contribution is 0.271. The minimum atomic E-state index is -1.43. The summed E-state index contributed by atoms with van der Waals surface area (Å²) in [5, 5.41) is 98.9. The van der Waals surface area contributed by atoms with Gasteiger partial charge in [0.2, 0.25) is 0 Å². The molecule has 6 rings (SSSR count). The molecule has 0 aliphatic carbocycles. The van der Waals surface area contributed by atoms with Crippen LogP contribution in [0.2, 0.25) is 0 Å². The SMILES string of the molecule is CC(C)(C)C.CC(C)(C)C.CC(C)(C)C.CC(C)(C)C.CC(C)(C)C.OB1OCCc2cccc(c2)B(O)OCCc2cccc1c2.OCCc1cccc(B(O)O)c1.OCCc1cccc(B(O)O)c1.OCCc1cccc(B(O)O)c1. The van der Waals surface area contributed by atoms with Gasteiger partial charge in [-0.1, -0.05) is 260 Å². The Labute approximate surface area is 505 Å². The summed E-state index contributed by atoms with van der Waals surface area (Å²) in [5.41, 5.74) is 10.2. The van der Waals surface area contributed by atoms with Gasteiger partial charge in [-0.15, -0.1) is 0 Å². The number of benzene rings is 5. The van der Waals surface area contributed by atoms with Crippen LogP contribution in [0.4, 0.5) is 0 Å². The van der Waals surface area contributed by atoms with Crippen molar-refractivity contribution in [1.29, 1.82) is 0 Å². The highest BCUT2D eigenvalue weighted by Crippen LogP contribution is 2.11. The maximum absolute atomic E-state index is 10.1. The van der Waals surface area contributed by atoms with Crippen molar-refractivity contribution in [2.75, 3.05) is 33.0 Å². The molecule has 464 valence electrons. The molecule has 5 aromatic carbocycles. The van der Waals surface area contributed by atoms with Crippen LogP contribution in [-0.4, -0.2) is 124 Å². The lowest BCUT2D eigenvalue weighted by Gasteiger charge is -2.13. The molecule has 1 aliphatic heterocycles.